The van der Waals surface area contributed by atoms with Crippen molar-refractivity contribution in [3.05, 3.63) is 48.2 Å². The van der Waals surface area contributed by atoms with Crippen LogP contribution in [0.3, 0.4) is 0 Å². The second kappa shape index (κ2) is 8.67. The molecule has 1 aromatic heterocycles. The fourth-order valence-electron chi connectivity index (χ4n) is 3.05. The third-order valence-electron chi connectivity index (χ3n) is 4.57. The molecule has 3 rings (SSSR count). The zero-order chi connectivity index (χ0) is 18.4. The molecule has 0 radical (unpaired) electrons. The van der Waals surface area contributed by atoms with E-state index in [9.17, 15) is 4.79 Å². The van der Waals surface area contributed by atoms with Gasteiger partial charge in [-0.3, -0.25) is 4.79 Å². The predicted octanol–water partition coefficient (Wildman–Crippen LogP) is 3.00. The molecule has 1 amide bonds. The fourth-order valence-corrected chi connectivity index (χ4v) is 3.05. The number of ether oxygens (including phenoxy) is 1. The minimum Gasteiger partial charge on any atom is -0.494 e. The molecular weight excluding hydrogens is 328 g/mol. The summed E-state index contributed by atoms with van der Waals surface area (Å²) in [6.07, 6.45) is 1.70. The highest BCUT2D eigenvalue weighted by molar-refractivity contribution is 5.99. The molecule has 0 aliphatic carbocycles. The van der Waals surface area contributed by atoms with E-state index in [1.807, 2.05) is 42.2 Å². The van der Waals surface area contributed by atoms with Crippen molar-refractivity contribution in [2.75, 3.05) is 44.6 Å². The number of hydrogen-bond donors (Lipinski definition) is 1. The van der Waals surface area contributed by atoms with Crippen LogP contribution >= 0.6 is 0 Å². The number of anilines is 2. The Bertz CT molecular complexity index is 725. The Morgan fingerprint density at radius 3 is 2.50 bits per heavy atom. The summed E-state index contributed by atoms with van der Waals surface area (Å²) in [5.41, 5.74) is 1.48. The number of nitrogens with zero attached hydrogens (tertiary/aromatic N) is 3. The Morgan fingerprint density at radius 2 is 1.85 bits per heavy atom. The minimum atomic E-state index is 0.0299. The van der Waals surface area contributed by atoms with Gasteiger partial charge in [0.05, 0.1) is 12.2 Å². The van der Waals surface area contributed by atoms with Crippen molar-refractivity contribution in [3.63, 3.8) is 0 Å². The van der Waals surface area contributed by atoms with E-state index in [0.29, 0.717) is 18.0 Å². The molecule has 0 spiro atoms. The van der Waals surface area contributed by atoms with Crippen molar-refractivity contribution >= 4 is 17.4 Å². The number of nitrogens with one attached hydrogen (secondary N) is 1. The minimum absolute atomic E-state index is 0.0299. The number of amides is 1. The lowest BCUT2D eigenvalue weighted by molar-refractivity contribution is 0.0644. The van der Waals surface area contributed by atoms with Gasteiger partial charge in [-0.1, -0.05) is 6.92 Å². The topological polar surface area (TPSA) is 57.7 Å². The normalized spacial score (nSPS) is 14.9. The van der Waals surface area contributed by atoms with Gasteiger partial charge < -0.3 is 19.9 Å². The molecule has 1 fully saturated rings. The first-order valence-electron chi connectivity index (χ1n) is 9.17. The number of rotatable bonds is 6. The van der Waals surface area contributed by atoms with Crippen LogP contribution in [0.4, 0.5) is 11.5 Å². The largest absolute Gasteiger partial charge is 0.494 e. The molecule has 138 valence electrons. The Kier molecular flexibility index (Phi) is 6.07. The van der Waals surface area contributed by atoms with Crippen LogP contribution in [0.2, 0.25) is 0 Å². The summed E-state index contributed by atoms with van der Waals surface area (Å²) in [6, 6.07) is 11.3. The Labute approximate surface area is 154 Å². The van der Waals surface area contributed by atoms with Gasteiger partial charge in [0.25, 0.3) is 5.91 Å². The fraction of sp³-hybridized carbons (Fsp3) is 0.400. The van der Waals surface area contributed by atoms with Gasteiger partial charge in [-0.25, -0.2) is 4.98 Å². The number of aromatic nitrogens is 1. The molecule has 1 N–H and O–H groups in total. The van der Waals surface area contributed by atoms with E-state index < -0.39 is 0 Å². The lowest BCUT2D eigenvalue weighted by Crippen LogP contribution is -2.48. The van der Waals surface area contributed by atoms with E-state index in [2.05, 4.69) is 22.1 Å². The van der Waals surface area contributed by atoms with Gasteiger partial charge in [-0.2, -0.15) is 0 Å². The van der Waals surface area contributed by atoms with Crippen LogP contribution in [0.1, 0.15) is 24.2 Å². The maximum absolute atomic E-state index is 13.0. The van der Waals surface area contributed by atoms with Gasteiger partial charge >= 0.3 is 0 Å². The maximum atomic E-state index is 13.0. The number of carbonyl (C=O) groups excluding carboxylic acids is 1. The standard InChI is InChI=1S/C20H26N4O2/c1-3-23-12-14-24(15-13-23)20(25)18-6-5-11-21-19(18)22-16-7-9-17(10-8-16)26-4-2/h5-11H,3-4,12-15H2,1-2H3,(H,21,22). The van der Waals surface area contributed by atoms with Crippen LogP contribution in [-0.2, 0) is 0 Å². The first kappa shape index (κ1) is 18.2. The molecule has 2 heterocycles. The van der Waals surface area contributed by atoms with Crippen molar-refractivity contribution in [1.29, 1.82) is 0 Å². The summed E-state index contributed by atoms with van der Waals surface area (Å²) in [6.45, 7) is 9.12. The lowest BCUT2D eigenvalue weighted by atomic mass is 10.2. The quantitative estimate of drug-likeness (QED) is 0.864. The van der Waals surface area contributed by atoms with Crippen LogP contribution in [0, 0.1) is 0 Å². The number of carbonyl (C=O) groups is 1. The summed E-state index contributed by atoms with van der Waals surface area (Å²) in [7, 11) is 0. The highest BCUT2D eigenvalue weighted by atomic mass is 16.5. The van der Waals surface area contributed by atoms with Crippen molar-refractivity contribution < 1.29 is 9.53 Å². The summed E-state index contributed by atoms with van der Waals surface area (Å²) in [4.78, 5) is 21.6. The summed E-state index contributed by atoms with van der Waals surface area (Å²) in [5, 5.41) is 3.26. The molecule has 1 aromatic carbocycles. The first-order valence-corrected chi connectivity index (χ1v) is 9.17. The zero-order valence-corrected chi connectivity index (χ0v) is 15.4. The predicted molar refractivity (Wildman–Crippen MR) is 103 cm³/mol. The van der Waals surface area contributed by atoms with Crippen LogP contribution in [0.25, 0.3) is 0 Å². The molecule has 0 saturated carbocycles. The second-order valence-electron chi connectivity index (χ2n) is 6.21. The number of pyridine rings is 1. The van der Waals surface area contributed by atoms with Crippen LogP contribution in [0.15, 0.2) is 42.6 Å². The Balaban J connectivity index is 1.72. The van der Waals surface area contributed by atoms with Gasteiger partial charge in [0, 0.05) is 38.1 Å². The van der Waals surface area contributed by atoms with Gasteiger partial charge in [-0.05, 0) is 49.9 Å². The van der Waals surface area contributed by atoms with Gasteiger partial charge in [0.1, 0.15) is 11.6 Å². The second-order valence-corrected chi connectivity index (χ2v) is 6.21. The van der Waals surface area contributed by atoms with Crippen LogP contribution in [-0.4, -0.2) is 60.0 Å². The molecule has 1 saturated heterocycles. The zero-order valence-electron chi connectivity index (χ0n) is 15.4. The van der Waals surface area contributed by atoms with E-state index in [1.165, 1.54) is 0 Å². The van der Waals surface area contributed by atoms with Gasteiger partial charge in [0.2, 0.25) is 0 Å². The Morgan fingerprint density at radius 1 is 1.12 bits per heavy atom. The average Bonchev–Trinajstić information content (AvgIpc) is 2.70. The number of hydrogen-bond acceptors (Lipinski definition) is 5. The third-order valence-corrected chi connectivity index (χ3v) is 4.57. The molecule has 2 aromatic rings. The molecule has 1 aliphatic heterocycles. The molecule has 0 atom stereocenters. The highest BCUT2D eigenvalue weighted by Gasteiger charge is 2.23. The van der Waals surface area contributed by atoms with Crippen molar-refractivity contribution in [2.24, 2.45) is 0 Å². The summed E-state index contributed by atoms with van der Waals surface area (Å²) in [5.74, 6) is 1.44. The smallest absolute Gasteiger partial charge is 0.257 e. The highest BCUT2D eigenvalue weighted by Crippen LogP contribution is 2.22. The Hall–Kier alpha value is -2.60. The van der Waals surface area contributed by atoms with Gasteiger partial charge in [-0.15, -0.1) is 0 Å². The van der Waals surface area contributed by atoms with Crippen LogP contribution < -0.4 is 10.1 Å². The molecule has 6 nitrogen and oxygen atoms in total. The van der Waals surface area contributed by atoms with Crippen molar-refractivity contribution in [1.82, 2.24) is 14.8 Å². The average molecular weight is 354 g/mol. The third kappa shape index (κ3) is 4.32. The monoisotopic (exact) mass is 354 g/mol. The van der Waals surface area contributed by atoms with E-state index in [-0.39, 0.29) is 5.91 Å². The number of benzene rings is 1. The van der Waals surface area contributed by atoms with Crippen molar-refractivity contribution in [2.45, 2.75) is 13.8 Å². The first-order chi connectivity index (χ1) is 12.7. The van der Waals surface area contributed by atoms with Gasteiger partial charge in [0.15, 0.2) is 0 Å². The molecule has 26 heavy (non-hydrogen) atoms. The van der Waals surface area contributed by atoms with E-state index in [0.717, 1.165) is 44.2 Å². The summed E-state index contributed by atoms with van der Waals surface area (Å²) >= 11 is 0. The lowest BCUT2D eigenvalue weighted by Gasteiger charge is -2.34. The molecule has 6 heteroatoms. The van der Waals surface area contributed by atoms with Crippen LogP contribution in [0.5, 0.6) is 5.75 Å². The summed E-state index contributed by atoms with van der Waals surface area (Å²) < 4.78 is 5.46. The van der Waals surface area contributed by atoms with Crippen molar-refractivity contribution in [3.8, 4) is 5.75 Å². The van der Waals surface area contributed by atoms with E-state index in [4.69, 9.17) is 4.74 Å². The molecule has 0 bridgehead atoms. The van der Waals surface area contributed by atoms with E-state index in [1.54, 1.807) is 12.3 Å². The number of likely N-dealkylation sites (N-methyl/N-ethyl adjacent to an activating group) is 1. The maximum Gasteiger partial charge on any atom is 0.257 e. The molecule has 0 unspecified atom stereocenters. The number of piperazine rings is 1. The molecule has 1 aliphatic rings. The van der Waals surface area contributed by atoms with E-state index >= 15 is 0 Å². The molecular formula is C20H26N4O2. The SMILES string of the molecule is CCOc1ccc(Nc2ncccc2C(=O)N2CCN(CC)CC2)cc1.